The second-order valence-electron chi connectivity index (χ2n) is 5.57. The molecule has 0 bridgehead atoms. The number of benzene rings is 1. The monoisotopic (exact) mass is 276 g/mol. The zero-order valence-electron chi connectivity index (χ0n) is 12.5. The highest BCUT2D eigenvalue weighted by Gasteiger charge is 2.33. The second kappa shape index (κ2) is 6.37. The third-order valence-corrected chi connectivity index (χ3v) is 4.28. The Balaban J connectivity index is 2.08. The van der Waals surface area contributed by atoms with Crippen LogP contribution < -0.4 is 5.73 Å². The third-order valence-electron chi connectivity index (χ3n) is 4.28. The van der Waals surface area contributed by atoms with Gasteiger partial charge in [0, 0.05) is 12.6 Å². The summed E-state index contributed by atoms with van der Waals surface area (Å²) in [6.07, 6.45) is 0.0767. The molecule has 2 N–H and O–H groups in total. The number of nitrogens with two attached hydrogens (primary N) is 1. The van der Waals surface area contributed by atoms with Crippen LogP contribution in [0.15, 0.2) is 30.3 Å². The molecule has 0 radical (unpaired) electrons. The Morgan fingerprint density at radius 2 is 2.00 bits per heavy atom. The van der Waals surface area contributed by atoms with Crippen LogP contribution in [0.25, 0.3) is 0 Å². The lowest BCUT2D eigenvalue weighted by atomic mass is 9.93. The molecule has 20 heavy (non-hydrogen) atoms. The number of nitrogens with zero attached hydrogens (tertiary/aromatic N) is 1. The average Bonchev–Trinajstić information content (AvgIpc) is 2.48. The third kappa shape index (κ3) is 3.02. The van der Waals surface area contributed by atoms with Gasteiger partial charge in [0.2, 0.25) is 5.91 Å². The predicted octanol–water partition coefficient (Wildman–Crippen LogP) is 1.96. The number of morpholine rings is 1. The van der Waals surface area contributed by atoms with E-state index in [-0.39, 0.29) is 30.0 Å². The fourth-order valence-corrected chi connectivity index (χ4v) is 2.62. The van der Waals surface area contributed by atoms with Crippen LogP contribution in [0.4, 0.5) is 0 Å². The van der Waals surface area contributed by atoms with Crippen molar-refractivity contribution in [2.45, 2.75) is 39.0 Å². The van der Waals surface area contributed by atoms with Crippen molar-refractivity contribution < 1.29 is 9.53 Å². The topological polar surface area (TPSA) is 55.6 Å². The lowest BCUT2D eigenvalue weighted by molar-refractivity contribution is -0.148. The Morgan fingerprint density at radius 1 is 1.35 bits per heavy atom. The van der Waals surface area contributed by atoms with Crippen LogP contribution in [0, 0.1) is 5.92 Å². The fourth-order valence-electron chi connectivity index (χ4n) is 2.62. The quantitative estimate of drug-likeness (QED) is 0.918. The molecule has 1 aromatic carbocycles. The number of hydrogen-bond donors (Lipinski definition) is 1. The average molecular weight is 276 g/mol. The molecule has 1 heterocycles. The molecule has 110 valence electrons. The zero-order chi connectivity index (χ0) is 14.7. The van der Waals surface area contributed by atoms with Gasteiger partial charge in [-0.15, -0.1) is 0 Å². The first-order chi connectivity index (χ1) is 9.52. The lowest BCUT2D eigenvalue weighted by Crippen LogP contribution is -2.53. The van der Waals surface area contributed by atoms with Crippen molar-refractivity contribution in [2.75, 3.05) is 13.2 Å². The van der Waals surface area contributed by atoms with Crippen LogP contribution in [-0.2, 0) is 9.53 Å². The van der Waals surface area contributed by atoms with Crippen molar-refractivity contribution in [3.05, 3.63) is 35.9 Å². The summed E-state index contributed by atoms with van der Waals surface area (Å²) in [4.78, 5) is 14.6. The zero-order valence-corrected chi connectivity index (χ0v) is 12.5. The van der Waals surface area contributed by atoms with E-state index >= 15 is 0 Å². The van der Waals surface area contributed by atoms with E-state index in [1.54, 1.807) is 0 Å². The highest BCUT2D eigenvalue weighted by Crippen LogP contribution is 2.24. The first-order valence-corrected chi connectivity index (χ1v) is 7.25. The Labute approximate surface area is 120 Å². The Hall–Kier alpha value is -1.39. The smallest absolute Gasteiger partial charge is 0.227 e. The van der Waals surface area contributed by atoms with Crippen molar-refractivity contribution >= 4 is 5.91 Å². The molecular weight excluding hydrogens is 252 g/mol. The van der Waals surface area contributed by atoms with E-state index in [1.807, 2.05) is 56.0 Å². The summed E-state index contributed by atoms with van der Waals surface area (Å²) in [5, 5.41) is 0. The van der Waals surface area contributed by atoms with Crippen LogP contribution in [-0.4, -0.2) is 36.1 Å². The van der Waals surface area contributed by atoms with Crippen molar-refractivity contribution in [3.8, 4) is 0 Å². The molecular formula is C16H24N2O2. The van der Waals surface area contributed by atoms with Crippen LogP contribution in [0.2, 0.25) is 0 Å². The number of rotatable bonds is 3. The van der Waals surface area contributed by atoms with Crippen LogP contribution in [0.1, 0.15) is 32.4 Å². The van der Waals surface area contributed by atoms with Crippen molar-refractivity contribution in [1.82, 2.24) is 4.90 Å². The Bertz CT molecular complexity index is 449. The number of carbonyl (C=O) groups excluding carboxylic acids is 1. The van der Waals surface area contributed by atoms with E-state index in [2.05, 4.69) is 0 Å². The number of carbonyl (C=O) groups is 1. The van der Waals surface area contributed by atoms with Crippen LogP contribution in [0.5, 0.6) is 0 Å². The minimum atomic E-state index is -0.269. The predicted molar refractivity (Wildman–Crippen MR) is 79.1 cm³/mol. The molecule has 1 aliphatic heterocycles. The Kier molecular flexibility index (Phi) is 4.78. The normalized spacial score (nSPS) is 26.1. The van der Waals surface area contributed by atoms with Gasteiger partial charge in [0.1, 0.15) is 0 Å². The molecule has 1 aliphatic rings. The molecule has 1 saturated heterocycles. The van der Waals surface area contributed by atoms with Crippen molar-refractivity contribution in [3.63, 3.8) is 0 Å². The summed E-state index contributed by atoms with van der Waals surface area (Å²) >= 11 is 0. The van der Waals surface area contributed by atoms with E-state index in [4.69, 9.17) is 10.5 Å². The summed E-state index contributed by atoms with van der Waals surface area (Å²) in [6.45, 7) is 7.20. The lowest BCUT2D eigenvalue weighted by Gasteiger charge is -2.40. The fraction of sp³-hybridized carbons (Fsp3) is 0.562. The molecule has 1 amide bonds. The highest BCUT2D eigenvalue weighted by atomic mass is 16.5. The van der Waals surface area contributed by atoms with E-state index in [1.165, 1.54) is 0 Å². The van der Waals surface area contributed by atoms with Gasteiger partial charge in [0.05, 0.1) is 24.7 Å². The molecule has 0 spiro atoms. The maximum atomic E-state index is 12.7. The van der Waals surface area contributed by atoms with Gasteiger partial charge < -0.3 is 15.4 Å². The van der Waals surface area contributed by atoms with Gasteiger partial charge in [0.25, 0.3) is 0 Å². The van der Waals surface area contributed by atoms with Gasteiger partial charge in [-0.25, -0.2) is 0 Å². The SMILES string of the molecule is C[C@@H]1OCCN(C(=O)[C@H](C)[C@H](N)c2ccccc2)[C@H]1C. The molecule has 0 unspecified atom stereocenters. The van der Waals surface area contributed by atoms with E-state index < -0.39 is 0 Å². The highest BCUT2D eigenvalue weighted by molar-refractivity contribution is 5.80. The number of ether oxygens (including phenoxy) is 1. The minimum absolute atomic E-state index is 0.0767. The van der Waals surface area contributed by atoms with Crippen molar-refractivity contribution in [2.24, 2.45) is 11.7 Å². The van der Waals surface area contributed by atoms with E-state index in [0.717, 1.165) is 5.56 Å². The summed E-state index contributed by atoms with van der Waals surface area (Å²) < 4.78 is 5.57. The molecule has 0 aliphatic carbocycles. The van der Waals surface area contributed by atoms with Crippen LogP contribution >= 0.6 is 0 Å². The summed E-state index contributed by atoms with van der Waals surface area (Å²) in [6, 6.07) is 9.63. The largest absolute Gasteiger partial charge is 0.375 e. The van der Waals surface area contributed by atoms with Gasteiger partial charge in [-0.2, -0.15) is 0 Å². The van der Waals surface area contributed by atoms with Crippen LogP contribution in [0.3, 0.4) is 0 Å². The molecule has 2 rings (SSSR count). The van der Waals surface area contributed by atoms with E-state index in [9.17, 15) is 4.79 Å². The minimum Gasteiger partial charge on any atom is -0.375 e. The maximum absolute atomic E-state index is 12.7. The van der Waals surface area contributed by atoms with Gasteiger partial charge in [-0.3, -0.25) is 4.79 Å². The summed E-state index contributed by atoms with van der Waals surface area (Å²) in [7, 11) is 0. The molecule has 0 saturated carbocycles. The molecule has 1 aromatic rings. The molecule has 4 nitrogen and oxygen atoms in total. The molecule has 1 fully saturated rings. The summed E-state index contributed by atoms with van der Waals surface area (Å²) in [5.41, 5.74) is 7.25. The Morgan fingerprint density at radius 3 is 2.65 bits per heavy atom. The van der Waals surface area contributed by atoms with E-state index in [0.29, 0.717) is 13.2 Å². The van der Waals surface area contributed by atoms with Gasteiger partial charge in [-0.1, -0.05) is 37.3 Å². The standard InChI is InChI=1S/C16H24N2O2/c1-11(15(17)14-7-5-4-6-8-14)16(19)18-9-10-20-13(3)12(18)2/h4-8,11-13,15H,9-10,17H2,1-3H3/t11-,12+,13+,15+/m1/s1. The summed E-state index contributed by atoms with van der Waals surface area (Å²) in [5.74, 6) is -0.117. The number of amides is 1. The number of hydrogen-bond acceptors (Lipinski definition) is 3. The van der Waals surface area contributed by atoms with Gasteiger partial charge in [0.15, 0.2) is 0 Å². The van der Waals surface area contributed by atoms with Gasteiger partial charge in [-0.05, 0) is 19.4 Å². The van der Waals surface area contributed by atoms with Gasteiger partial charge >= 0.3 is 0 Å². The molecule has 4 atom stereocenters. The molecule has 0 aromatic heterocycles. The second-order valence-corrected chi connectivity index (χ2v) is 5.57. The first kappa shape index (κ1) is 15.0. The van der Waals surface area contributed by atoms with Crippen molar-refractivity contribution in [1.29, 1.82) is 0 Å². The molecule has 4 heteroatoms. The first-order valence-electron chi connectivity index (χ1n) is 7.25. The maximum Gasteiger partial charge on any atom is 0.227 e.